The Bertz CT molecular complexity index is 977. The zero-order chi connectivity index (χ0) is 20.4. The summed E-state index contributed by atoms with van der Waals surface area (Å²) < 4.78 is 2.43. The van der Waals surface area contributed by atoms with Gasteiger partial charge in [-0.3, -0.25) is 14.2 Å². The number of aromatic nitrogens is 3. The van der Waals surface area contributed by atoms with Crippen molar-refractivity contribution in [2.45, 2.75) is 57.8 Å². The normalized spacial score (nSPS) is 17.3. The van der Waals surface area contributed by atoms with E-state index in [1.54, 1.807) is 11.0 Å². The molecule has 29 heavy (non-hydrogen) atoms. The number of benzene rings is 1. The zero-order valence-corrected chi connectivity index (χ0v) is 16.9. The highest BCUT2D eigenvalue weighted by Crippen LogP contribution is 2.20. The van der Waals surface area contributed by atoms with Crippen LogP contribution in [-0.4, -0.2) is 43.6 Å². The van der Waals surface area contributed by atoms with Crippen LogP contribution in [0.15, 0.2) is 29.1 Å². The van der Waals surface area contributed by atoms with Gasteiger partial charge in [-0.2, -0.15) is 0 Å². The first kappa shape index (κ1) is 19.7. The Morgan fingerprint density at radius 1 is 1.14 bits per heavy atom. The molecule has 0 unspecified atom stereocenters. The van der Waals surface area contributed by atoms with Gasteiger partial charge >= 0.3 is 5.69 Å². The highest BCUT2D eigenvalue weighted by Gasteiger charge is 2.30. The van der Waals surface area contributed by atoms with Crippen molar-refractivity contribution >= 4 is 23.4 Å². The van der Waals surface area contributed by atoms with Crippen molar-refractivity contribution in [2.24, 2.45) is 0 Å². The number of hydrogen-bond donors (Lipinski definition) is 1. The average Bonchev–Trinajstić information content (AvgIpc) is 3.03. The lowest BCUT2D eigenvalue weighted by Gasteiger charge is -2.26. The van der Waals surface area contributed by atoms with E-state index < -0.39 is 5.69 Å². The maximum absolute atomic E-state index is 12.8. The summed E-state index contributed by atoms with van der Waals surface area (Å²) in [5.41, 5.74) is 0.411. The number of hydrogen-bond acceptors (Lipinski definition) is 4. The number of amides is 2. The molecule has 0 bridgehead atoms. The molecule has 4 rings (SSSR count). The third-order valence-corrected chi connectivity index (χ3v) is 5.95. The number of fused-ring (bicyclic) bond motifs is 1. The lowest BCUT2D eigenvalue weighted by atomic mass is 9.95. The van der Waals surface area contributed by atoms with E-state index >= 15 is 0 Å². The van der Waals surface area contributed by atoms with Gasteiger partial charge in [-0.25, -0.2) is 9.48 Å². The lowest BCUT2D eigenvalue weighted by molar-refractivity contribution is -0.122. The molecule has 9 heteroatoms. The second kappa shape index (κ2) is 8.41. The molecule has 0 saturated heterocycles. The van der Waals surface area contributed by atoms with E-state index in [1.807, 2.05) is 18.2 Å². The molecule has 154 valence electrons. The van der Waals surface area contributed by atoms with Crippen LogP contribution < -0.4 is 11.0 Å². The van der Waals surface area contributed by atoms with Crippen LogP contribution in [0.2, 0.25) is 5.02 Å². The minimum atomic E-state index is -0.426. The van der Waals surface area contributed by atoms with Crippen molar-refractivity contribution in [2.75, 3.05) is 6.54 Å². The van der Waals surface area contributed by atoms with Crippen LogP contribution in [0.5, 0.6) is 0 Å². The molecule has 0 spiro atoms. The fourth-order valence-electron chi connectivity index (χ4n) is 4.01. The SMILES string of the molecule is O=C(Cn1nc2n(c1=O)CCN(Cc1ccccc1Cl)C2=O)NC1CCCCC1. The van der Waals surface area contributed by atoms with Crippen LogP contribution in [0.1, 0.15) is 48.3 Å². The zero-order valence-electron chi connectivity index (χ0n) is 16.1. The van der Waals surface area contributed by atoms with Gasteiger partial charge in [0.15, 0.2) is 0 Å². The topological polar surface area (TPSA) is 89.2 Å². The van der Waals surface area contributed by atoms with E-state index in [2.05, 4.69) is 10.4 Å². The fraction of sp³-hybridized carbons (Fsp3) is 0.500. The first-order valence-corrected chi connectivity index (χ1v) is 10.4. The molecule has 1 aliphatic carbocycles. The van der Waals surface area contributed by atoms with Gasteiger partial charge < -0.3 is 10.2 Å². The molecule has 2 aromatic rings. The molecule has 1 aromatic heterocycles. The Labute approximate surface area is 173 Å². The van der Waals surface area contributed by atoms with Gasteiger partial charge in [0.2, 0.25) is 11.7 Å². The number of halogens is 1. The van der Waals surface area contributed by atoms with Crippen molar-refractivity contribution in [3.63, 3.8) is 0 Å². The minimum absolute atomic E-state index is 0.0683. The smallest absolute Gasteiger partial charge is 0.346 e. The number of rotatable bonds is 5. The summed E-state index contributed by atoms with van der Waals surface area (Å²) in [5, 5.41) is 7.73. The van der Waals surface area contributed by atoms with Crippen LogP contribution in [0.25, 0.3) is 0 Å². The van der Waals surface area contributed by atoms with E-state index in [0.717, 1.165) is 35.9 Å². The average molecular weight is 418 g/mol. The Morgan fingerprint density at radius 3 is 2.66 bits per heavy atom. The maximum atomic E-state index is 12.8. The summed E-state index contributed by atoms with van der Waals surface area (Å²) in [5.74, 6) is -0.506. The van der Waals surface area contributed by atoms with Crippen molar-refractivity contribution in [3.8, 4) is 0 Å². The summed E-state index contributed by atoms with van der Waals surface area (Å²) in [4.78, 5) is 39.4. The largest absolute Gasteiger partial charge is 0.352 e. The van der Waals surface area contributed by atoms with Crippen molar-refractivity contribution in [1.82, 2.24) is 24.6 Å². The first-order valence-electron chi connectivity index (χ1n) is 10.0. The molecule has 0 radical (unpaired) electrons. The summed E-state index contributed by atoms with van der Waals surface area (Å²) in [6.07, 6.45) is 5.36. The predicted octanol–water partition coefficient (Wildman–Crippen LogP) is 1.80. The van der Waals surface area contributed by atoms with Crippen molar-refractivity contribution < 1.29 is 9.59 Å². The Morgan fingerprint density at radius 2 is 1.90 bits per heavy atom. The molecule has 1 aromatic carbocycles. The molecule has 1 saturated carbocycles. The molecule has 1 fully saturated rings. The monoisotopic (exact) mass is 417 g/mol. The molecule has 1 N–H and O–H groups in total. The van der Waals surface area contributed by atoms with E-state index in [4.69, 9.17) is 11.6 Å². The standard InChI is InChI=1S/C20H24ClN5O3/c21-16-9-5-4-6-14(16)12-24-10-11-25-18(19(24)28)23-26(20(25)29)13-17(27)22-15-7-2-1-3-8-15/h4-6,9,15H,1-3,7-8,10-13H2,(H,22,27). The van der Waals surface area contributed by atoms with Gasteiger partial charge in [0.1, 0.15) is 6.54 Å². The van der Waals surface area contributed by atoms with Crippen molar-refractivity contribution in [1.29, 1.82) is 0 Å². The molecule has 8 nitrogen and oxygen atoms in total. The van der Waals surface area contributed by atoms with Gasteiger partial charge in [-0.15, -0.1) is 5.10 Å². The summed E-state index contributed by atoms with van der Waals surface area (Å²) in [7, 11) is 0. The van der Waals surface area contributed by atoms with Gasteiger partial charge in [0, 0.05) is 30.7 Å². The third-order valence-electron chi connectivity index (χ3n) is 5.58. The van der Waals surface area contributed by atoms with Gasteiger partial charge in [-0.1, -0.05) is 49.1 Å². The van der Waals surface area contributed by atoms with Crippen LogP contribution >= 0.6 is 11.6 Å². The van der Waals surface area contributed by atoms with Crippen molar-refractivity contribution in [3.05, 3.63) is 51.2 Å². The van der Waals surface area contributed by atoms with Gasteiger partial charge in [-0.05, 0) is 24.5 Å². The van der Waals surface area contributed by atoms with Gasteiger partial charge in [0.05, 0.1) is 0 Å². The second-order valence-electron chi connectivity index (χ2n) is 7.64. The summed E-state index contributed by atoms with van der Waals surface area (Å²) >= 11 is 6.20. The molecule has 2 heterocycles. The molecule has 2 amide bonds. The molecule has 0 atom stereocenters. The molecular formula is C20H24ClN5O3. The quantitative estimate of drug-likeness (QED) is 0.803. The number of nitrogens with zero attached hydrogens (tertiary/aromatic N) is 4. The number of carbonyl (C=O) groups excluding carboxylic acids is 2. The Kier molecular flexibility index (Phi) is 5.71. The van der Waals surface area contributed by atoms with E-state index in [0.29, 0.717) is 24.7 Å². The third kappa shape index (κ3) is 4.22. The second-order valence-corrected chi connectivity index (χ2v) is 8.04. The minimum Gasteiger partial charge on any atom is -0.352 e. The Hall–Kier alpha value is -2.61. The van der Waals surface area contributed by atoms with E-state index in [-0.39, 0.29) is 30.2 Å². The molecular weight excluding hydrogens is 394 g/mol. The molecule has 2 aliphatic rings. The van der Waals surface area contributed by atoms with Crippen LogP contribution in [0.4, 0.5) is 0 Å². The summed E-state index contributed by atoms with van der Waals surface area (Å²) in [6.45, 7) is 0.903. The van der Waals surface area contributed by atoms with Gasteiger partial charge in [0.25, 0.3) is 5.91 Å². The predicted molar refractivity (Wildman–Crippen MR) is 108 cm³/mol. The van der Waals surface area contributed by atoms with E-state index in [1.165, 1.54) is 11.0 Å². The maximum Gasteiger partial charge on any atom is 0.346 e. The van der Waals surface area contributed by atoms with Crippen LogP contribution in [0.3, 0.4) is 0 Å². The summed E-state index contributed by atoms with van der Waals surface area (Å²) in [6, 6.07) is 7.51. The van der Waals surface area contributed by atoms with E-state index in [9.17, 15) is 14.4 Å². The number of nitrogens with one attached hydrogen (secondary N) is 1. The highest BCUT2D eigenvalue weighted by molar-refractivity contribution is 6.31. The van der Waals surface area contributed by atoms with Crippen LogP contribution in [-0.2, 0) is 24.4 Å². The Balaban J connectivity index is 1.46. The fourth-order valence-corrected chi connectivity index (χ4v) is 4.20. The first-order chi connectivity index (χ1) is 14.0. The molecule has 1 aliphatic heterocycles. The number of carbonyl (C=O) groups is 2. The lowest BCUT2D eigenvalue weighted by Crippen LogP contribution is -2.43. The highest BCUT2D eigenvalue weighted by atomic mass is 35.5. The van der Waals surface area contributed by atoms with Crippen LogP contribution in [0, 0.1) is 0 Å².